The molecule has 1 aromatic carbocycles. The van der Waals surface area contributed by atoms with Crippen LogP contribution in [-0.4, -0.2) is 7.11 Å². The van der Waals surface area contributed by atoms with Gasteiger partial charge in [0.1, 0.15) is 5.75 Å². The Balaban J connectivity index is 1.80. The molecule has 0 N–H and O–H groups in total. The molecule has 0 spiro atoms. The third-order valence-electron chi connectivity index (χ3n) is 7.32. The van der Waals surface area contributed by atoms with Crippen molar-refractivity contribution in [1.82, 2.24) is 0 Å². The molecule has 0 bridgehead atoms. The minimum atomic E-state index is 0.338. The van der Waals surface area contributed by atoms with Crippen LogP contribution in [0.2, 0.25) is 0 Å². The third-order valence-corrected chi connectivity index (χ3v) is 7.32. The zero-order valence-corrected chi connectivity index (χ0v) is 14.0. The van der Waals surface area contributed by atoms with Crippen LogP contribution in [0.25, 0.3) is 0 Å². The van der Waals surface area contributed by atoms with E-state index in [0.717, 1.165) is 11.7 Å². The van der Waals surface area contributed by atoms with Gasteiger partial charge in [-0.3, -0.25) is 0 Å². The molecule has 1 nitrogen and oxygen atoms in total. The summed E-state index contributed by atoms with van der Waals surface area (Å²) in [5, 5.41) is 0. The summed E-state index contributed by atoms with van der Waals surface area (Å²) in [4.78, 5) is 0. The van der Waals surface area contributed by atoms with Crippen molar-refractivity contribution in [2.24, 2.45) is 16.7 Å². The number of hydrogen-bond donors (Lipinski definition) is 0. The van der Waals surface area contributed by atoms with Crippen LogP contribution in [0.5, 0.6) is 5.75 Å². The maximum atomic E-state index is 5.43. The Morgan fingerprint density at radius 3 is 2.86 bits per heavy atom. The minimum absolute atomic E-state index is 0.338. The highest BCUT2D eigenvalue weighted by molar-refractivity contribution is 5.43. The van der Waals surface area contributed by atoms with Crippen molar-refractivity contribution in [2.45, 2.75) is 57.8 Å². The molecule has 1 heteroatoms. The second-order valence-electron chi connectivity index (χ2n) is 8.07. The van der Waals surface area contributed by atoms with Gasteiger partial charge in [0.25, 0.3) is 0 Å². The van der Waals surface area contributed by atoms with Gasteiger partial charge in [-0.2, -0.15) is 0 Å². The molecule has 3 aliphatic rings. The summed E-state index contributed by atoms with van der Waals surface area (Å²) in [7, 11) is 1.77. The van der Waals surface area contributed by atoms with Crippen LogP contribution in [0.3, 0.4) is 0 Å². The Hall–Kier alpha value is -1.24. The number of aryl methyl sites for hydroxylation is 1. The first-order valence-electron chi connectivity index (χ1n) is 8.93. The van der Waals surface area contributed by atoms with Crippen LogP contribution >= 0.6 is 0 Å². The molecular weight excluding hydrogens is 268 g/mol. The van der Waals surface area contributed by atoms with Crippen LogP contribution in [0.4, 0.5) is 0 Å². The molecule has 0 radical (unpaired) electrons. The molecule has 118 valence electrons. The van der Waals surface area contributed by atoms with E-state index in [1.54, 1.807) is 12.7 Å². The first-order chi connectivity index (χ1) is 10.6. The van der Waals surface area contributed by atoms with E-state index < -0.39 is 0 Å². The van der Waals surface area contributed by atoms with Gasteiger partial charge in [-0.15, -0.1) is 6.58 Å². The predicted molar refractivity (Wildman–Crippen MR) is 91.4 cm³/mol. The van der Waals surface area contributed by atoms with Crippen molar-refractivity contribution in [3.05, 3.63) is 42.0 Å². The number of rotatable bonds is 2. The Labute approximate surface area is 134 Å². The van der Waals surface area contributed by atoms with E-state index in [0.29, 0.717) is 16.7 Å². The molecular formula is C21H28O. The number of ether oxygens (including phenoxy) is 1. The van der Waals surface area contributed by atoms with Gasteiger partial charge in [0.2, 0.25) is 0 Å². The van der Waals surface area contributed by atoms with E-state index in [2.05, 4.69) is 37.8 Å². The van der Waals surface area contributed by atoms with Crippen molar-refractivity contribution in [3.8, 4) is 5.75 Å². The lowest BCUT2D eigenvalue weighted by Crippen LogP contribution is -2.47. The van der Waals surface area contributed by atoms with Crippen molar-refractivity contribution in [3.63, 3.8) is 0 Å². The van der Waals surface area contributed by atoms with Gasteiger partial charge < -0.3 is 4.74 Å². The average molecular weight is 296 g/mol. The highest BCUT2D eigenvalue weighted by Gasteiger charge is 2.57. The van der Waals surface area contributed by atoms with Gasteiger partial charge in [0.15, 0.2) is 0 Å². The molecule has 0 amide bonds. The summed E-state index contributed by atoms with van der Waals surface area (Å²) in [5.41, 5.74) is 4.00. The molecule has 1 aromatic rings. The van der Waals surface area contributed by atoms with E-state index in [9.17, 15) is 0 Å². The lowest BCUT2D eigenvalue weighted by Gasteiger charge is -2.56. The zero-order valence-electron chi connectivity index (χ0n) is 14.0. The third kappa shape index (κ3) is 1.77. The fourth-order valence-electron chi connectivity index (χ4n) is 6.23. The Morgan fingerprint density at radius 2 is 2.09 bits per heavy atom. The molecule has 2 saturated carbocycles. The van der Waals surface area contributed by atoms with E-state index in [4.69, 9.17) is 4.74 Å². The van der Waals surface area contributed by atoms with Gasteiger partial charge in [0, 0.05) is 0 Å². The van der Waals surface area contributed by atoms with Crippen molar-refractivity contribution < 1.29 is 4.74 Å². The predicted octanol–water partition coefficient (Wildman–Crippen LogP) is 5.50. The highest BCUT2D eigenvalue weighted by atomic mass is 16.5. The molecule has 0 aromatic heterocycles. The van der Waals surface area contributed by atoms with Crippen LogP contribution in [-0.2, 0) is 6.42 Å². The van der Waals surface area contributed by atoms with Gasteiger partial charge >= 0.3 is 0 Å². The van der Waals surface area contributed by atoms with Crippen LogP contribution < -0.4 is 4.74 Å². The summed E-state index contributed by atoms with van der Waals surface area (Å²) >= 11 is 0. The summed E-state index contributed by atoms with van der Waals surface area (Å²) in [6.07, 6.45) is 11.8. The largest absolute Gasteiger partial charge is 0.497 e. The summed E-state index contributed by atoms with van der Waals surface area (Å²) in [6.45, 7) is 6.88. The second kappa shape index (κ2) is 4.88. The van der Waals surface area contributed by atoms with Gasteiger partial charge in [0.05, 0.1) is 7.11 Å². The van der Waals surface area contributed by atoms with Crippen molar-refractivity contribution in [2.75, 3.05) is 7.11 Å². The fourth-order valence-corrected chi connectivity index (χ4v) is 6.23. The van der Waals surface area contributed by atoms with E-state index >= 15 is 0 Å². The first kappa shape index (κ1) is 14.4. The molecule has 0 aliphatic heterocycles. The quantitative estimate of drug-likeness (QED) is 0.655. The topological polar surface area (TPSA) is 9.23 Å². The van der Waals surface area contributed by atoms with Gasteiger partial charge in [-0.25, -0.2) is 0 Å². The fraction of sp³-hybridized carbons (Fsp3) is 0.619. The van der Waals surface area contributed by atoms with E-state index in [-0.39, 0.29) is 0 Å². The minimum Gasteiger partial charge on any atom is -0.497 e. The Morgan fingerprint density at radius 1 is 1.23 bits per heavy atom. The van der Waals surface area contributed by atoms with Gasteiger partial charge in [-0.05, 0) is 84.5 Å². The number of fused-ring (bicyclic) bond motifs is 5. The number of methoxy groups -OCH3 is 1. The maximum absolute atomic E-state index is 5.43. The summed E-state index contributed by atoms with van der Waals surface area (Å²) in [5.74, 6) is 2.52. The second-order valence-corrected chi connectivity index (χ2v) is 8.07. The normalized spacial score (nSPS) is 39.5. The Bertz CT molecular complexity index is 604. The molecule has 4 atom stereocenters. The molecule has 4 rings (SSSR count). The molecule has 0 saturated heterocycles. The maximum Gasteiger partial charge on any atom is 0.119 e. The summed E-state index contributed by atoms with van der Waals surface area (Å²) < 4.78 is 5.43. The van der Waals surface area contributed by atoms with Gasteiger partial charge in [-0.1, -0.05) is 25.5 Å². The molecule has 3 aliphatic carbocycles. The molecule has 0 heterocycles. The van der Waals surface area contributed by atoms with Crippen LogP contribution in [0.1, 0.15) is 62.5 Å². The zero-order chi connectivity index (χ0) is 15.4. The average Bonchev–Trinajstić information content (AvgIpc) is 2.96. The molecule has 2 fully saturated rings. The standard InChI is InChI=1S/C21H28O/c1-4-21-13-9-15-14-16(22-3)7-8-17(15)18(21)10-12-20(2)11-5-6-19(20)21/h4,7-8,14,18-19H,1,5-6,9-13H2,2-3H3/t18?,19?,20-,21+/m0/s1. The molecule has 2 unspecified atom stereocenters. The van der Waals surface area contributed by atoms with Crippen molar-refractivity contribution in [1.29, 1.82) is 0 Å². The lowest BCUT2D eigenvalue weighted by atomic mass is 9.47. The number of hydrogen-bond acceptors (Lipinski definition) is 1. The van der Waals surface area contributed by atoms with E-state index in [1.807, 2.05) is 0 Å². The SMILES string of the molecule is C=C[C@@]12CCc3cc(OC)ccc3C1CC[C@]1(C)CCCC12. The summed E-state index contributed by atoms with van der Waals surface area (Å²) in [6, 6.07) is 6.76. The highest BCUT2D eigenvalue weighted by Crippen LogP contribution is 2.67. The van der Waals surface area contributed by atoms with E-state index in [1.165, 1.54) is 50.5 Å². The lowest BCUT2D eigenvalue weighted by molar-refractivity contribution is 0.00457. The molecule has 22 heavy (non-hydrogen) atoms. The number of benzene rings is 1. The number of allylic oxidation sites excluding steroid dienone is 1. The monoisotopic (exact) mass is 296 g/mol. The first-order valence-corrected chi connectivity index (χ1v) is 8.93. The van der Waals surface area contributed by atoms with Crippen molar-refractivity contribution >= 4 is 0 Å². The smallest absolute Gasteiger partial charge is 0.119 e. The van der Waals surface area contributed by atoms with Crippen LogP contribution in [0, 0.1) is 16.7 Å². The Kier molecular flexibility index (Phi) is 3.18. The van der Waals surface area contributed by atoms with Crippen LogP contribution in [0.15, 0.2) is 30.9 Å².